The molecular weight excluding hydrogens is 278 g/mol. The third-order valence-electron chi connectivity index (χ3n) is 4.88. The van der Waals surface area contributed by atoms with E-state index >= 15 is 0 Å². The molecule has 1 N–H and O–H groups in total. The van der Waals surface area contributed by atoms with Gasteiger partial charge in [-0.3, -0.25) is 4.90 Å². The zero-order valence-electron chi connectivity index (χ0n) is 13.5. The number of nitrogens with zero attached hydrogens (tertiary/aromatic N) is 1. The molecule has 3 rings (SSSR count). The number of benzene rings is 1. The predicted molar refractivity (Wildman–Crippen MR) is 86.1 cm³/mol. The van der Waals surface area contributed by atoms with E-state index in [9.17, 15) is 5.11 Å². The van der Waals surface area contributed by atoms with Crippen LogP contribution < -0.4 is 0 Å². The van der Waals surface area contributed by atoms with Gasteiger partial charge in [0.05, 0.1) is 13.2 Å². The van der Waals surface area contributed by atoms with Gasteiger partial charge < -0.3 is 14.6 Å². The first-order valence-corrected chi connectivity index (χ1v) is 8.33. The van der Waals surface area contributed by atoms with E-state index in [1.54, 1.807) is 0 Å². The number of morpholine rings is 1. The lowest BCUT2D eigenvalue weighted by Crippen LogP contribution is -2.58. The lowest BCUT2D eigenvalue weighted by molar-refractivity contribution is -0.146. The van der Waals surface area contributed by atoms with Crippen LogP contribution in [0, 0.1) is 6.92 Å². The summed E-state index contributed by atoms with van der Waals surface area (Å²) >= 11 is 0. The first-order valence-electron chi connectivity index (χ1n) is 8.33. The average Bonchev–Trinajstić information content (AvgIpc) is 2.56. The maximum absolute atomic E-state index is 10.0. The Kier molecular flexibility index (Phi) is 5.14. The summed E-state index contributed by atoms with van der Waals surface area (Å²) in [6, 6.07) is 9.07. The minimum atomic E-state index is -0.468. The summed E-state index contributed by atoms with van der Waals surface area (Å²) < 4.78 is 11.5. The first kappa shape index (κ1) is 15.9. The van der Waals surface area contributed by atoms with Crippen LogP contribution in [0.25, 0.3) is 0 Å². The highest BCUT2D eigenvalue weighted by Gasteiger charge is 2.38. The van der Waals surface area contributed by atoms with E-state index in [1.165, 1.54) is 11.1 Å². The van der Waals surface area contributed by atoms with Crippen LogP contribution in [0.3, 0.4) is 0 Å². The highest BCUT2D eigenvalue weighted by atomic mass is 16.5. The SMILES string of the molecule is Cc1cccc(C[C@]2(CO)CN(C3CCOCC3)CCO2)c1. The van der Waals surface area contributed by atoms with E-state index in [-0.39, 0.29) is 6.61 Å². The van der Waals surface area contributed by atoms with E-state index in [0.717, 1.165) is 45.6 Å². The molecule has 1 aromatic carbocycles. The lowest BCUT2D eigenvalue weighted by atomic mass is 9.91. The van der Waals surface area contributed by atoms with Gasteiger partial charge in [-0.25, -0.2) is 0 Å². The van der Waals surface area contributed by atoms with Crippen molar-refractivity contribution in [2.75, 3.05) is 39.5 Å². The molecule has 4 nitrogen and oxygen atoms in total. The molecule has 0 saturated carbocycles. The molecule has 2 aliphatic rings. The summed E-state index contributed by atoms with van der Waals surface area (Å²) in [6.07, 6.45) is 2.95. The van der Waals surface area contributed by atoms with Crippen molar-refractivity contribution in [3.63, 3.8) is 0 Å². The van der Waals surface area contributed by atoms with Crippen LogP contribution in [0.4, 0.5) is 0 Å². The molecule has 0 spiro atoms. The maximum Gasteiger partial charge on any atom is 0.108 e. The van der Waals surface area contributed by atoms with Crippen LogP contribution in [0.15, 0.2) is 24.3 Å². The standard InChI is InChI=1S/C18H27NO3/c1-15-3-2-4-16(11-15)12-18(14-20)13-19(7-10-22-18)17-5-8-21-9-6-17/h2-4,11,17,20H,5-10,12-14H2,1H3/t18-/m1/s1. The Hall–Kier alpha value is -0.940. The Balaban J connectivity index is 1.70. The van der Waals surface area contributed by atoms with Crippen molar-refractivity contribution in [3.05, 3.63) is 35.4 Å². The van der Waals surface area contributed by atoms with Crippen molar-refractivity contribution in [3.8, 4) is 0 Å². The fourth-order valence-corrected chi connectivity index (χ4v) is 3.69. The molecule has 122 valence electrons. The van der Waals surface area contributed by atoms with Crippen molar-refractivity contribution < 1.29 is 14.6 Å². The number of aliphatic hydroxyl groups excluding tert-OH is 1. The van der Waals surface area contributed by atoms with Gasteiger partial charge in [0.15, 0.2) is 0 Å². The fraction of sp³-hybridized carbons (Fsp3) is 0.667. The van der Waals surface area contributed by atoms with Gasteiger partial charge in [0.25, 0.3) is 0 Å². The topological polar surface area (TPSA) is 41.9 Å². The molecule has 22 heavy (non-hydrogen) atoms. The smallest absolute Gasteiger partial charge is 0.108 e. The monoisotopic (exact) mass is 305 g/mol. The van der Waals surface area contributed by atoms with E-state index in [0.29, 0.717) is 12.6 Å². The summed E-state index contributed by atoms with van der Waals surface area (Å²) in [5.41, 5.74) is 2.02. The summed E-state index contributed by atoms with van der Waals surface area (Å²) in [6.45, 7) is 6.34. The number of hydrogen-bond donors (Lipinski definition) is 1. The van der Waals surface area contributed by atoms with E-state index in [1.807, 2.05) is 0 Å². The fourth-order valence-electron chi connectivity index (χ4n) is 3.69. The Labute approximate surface area is 133 Å². The molecule has 1 atom stereocenters. The number of aryl methyl sites for hydroxylation is 1. The minimum Gasteiger partial charge on any atom is -0.393 e. The highest BCUT2D eigenvalue weighted by Crippen LogP contribution is 2.27. The van der Waals surface area contributed by atoms with Crippen molar-refractivity contribution in [1.82, 2.24) is 4.90 Å². The summed E-state index contributed by atoms with van der Waals surface area (Å²) in [7, 11) is 0. The van der Waals surface area contributed by atoms with E-state index < -0.39 is 5.60 Å². The Morgan fingerprint density at radius 3 is 2.82 bits per heavy atom. The number of hydrogen-bond acceptors (Lipinski definition) is 4. The first-order chi connectivity index (χ1) is 10.7. The summed E-state index contributed by atoms with van der Waals surface area (Å²) in [4.78, 5) is 2.50. The van der Waals surface area contributed by atoms with Crippen LogP contribution in [0.2, 0.25) is 0 Å². The second kappa shape index (κ2) is 7.09. The Morgan fingerprint density at radius 1 is 1.27 bits per heavy atom. The van der Waals surface area contributed by atoms with Gasteiger partial charge in [0.1, 0.15) is 5.60 Å². The molecule has 0 aliphatic carbocycles. The van der Waals surface area contributed by atoms with Gasteiger partial charge in [0, 0.05) is 38.8 Å². The van der Waals surface area contributed by atoms with Crippen LogP contribution in [0.5, 0.6) is 0 Å². The van der Waals surface area contributed by atoms with Crippen LogP contribution in [-0.4, -0.2) is 61.2 Å². The van der Waals surface area contributed by atoms with Gasteiger partial charge in [0.2, 0.25) is 0 Å². The molecule has 1 aromatic rings. The van der Waals surface area contributed by atoms with Gasteiger partial charge >= 0.3 is 0 Å². The molecular formula is C18H27NO3. The Morgan fingerprint density at radius 2 is 2.09 bits per heavy atom. The highest BCUT2D eigenvalue weighted by molar-refractivity contribution is 5.24. The third-order valence-corrected chi connectivity index (χ3v) is 4.88. The Bertz CT molecular complexity index is 487. The second-order valence-corrected chi connectivity index (χ2v) is 6.67. The zero-order chi connectivity index (χ0) is 15.4. The molecule has 4 heteroatoms. The molecule has 2 heterocycles. The van der Waals surface area contributed by atoms with E-state index in [2.05, 4.69) is 36.1 Å². The quantitative estimate of drug-likeness (QED) is 0.921. The normalized spacial score (nSPS) is 27.9. The minimum absolute atomic E-state index is 0.0701. The predicted octanol–water partition coefficient (Wildman–Crippen LogP) is 1.78. The molecule has 2 fully saturated rings. The van der Waals surface area contributed by atoms with Gasteiger partial charge in [-0.2, -0.15) is 0 Å². The maximum atomic E-state index is 10.0. The molecule has 0 amide bonds. The summed E-state index contributed by atoms with van der Waals surface area (Å²) in [5.74, 6) is 0. The van der Waals surface area contributed by atoms with E-state index in [4.69, 9.17) is 9.47 Å². The molecule has 0 aromatic heterocycles. The molecule has 0 bridgehead atoms. The largest absolute Gasteiger partial charge is 0.393 e. The lowest BCUT2D eigenvalue weighted by Gasteiger charge is -2.45. The van der Waals surface area contributed by atoms with Crippen molar-refractivity contribution in [2.24, 2.45) is 0 Å². The number of rotatable bonds is 4. The zero-order valence-corrected chi connectivity index (χ0v) is 13.5. The third kappa shape index (κ3) is 3.69. The van der Waals surface area contributed by atoms with Crippen molar-refractivity contribution in [1.29, 1.82) is 0 Å². The van der Waals surface area contributed by atoms with Gasteiger partial charge in [-0.05, 0) is 25.3 Å². The molecule has 0 unspecified atom stereocenters. The van der Waals surface area contributed by atoms with Crippen molar-refractivity contribution in [2.45, 2.75) is 37.8 Å². The van der Waals surface area contributed by atoms with Gasteiger partial charge in [-0.1, -0.05) is 29.8 Å². The molecule has 2 saturated heterocycles. The number of aliphatic hydroxyl groups is 1. The summed E-state index contributed by atoms with van der Waals surface area (Å²) in [5, 5.41) is 10.0. The van der Waals surface area contributed by atoms with Crippen LogP contribution in [0.1, 0.15) is 24.0 Å². The van der Waals surface area contributed by atoms with Crippen LogP contribution in [-0.2, 0) is 15.9 Å². The van der Waals surface area contributed by atoms with Crippen molar-refractivity contribution >= 4 is 0 Å². The second-order valence-electron chi connectivity index (χ2n) is 6.67. The molecule has 0 radical (unpaired) electrons. The average molecular weight is 305 g/mol. The molecule has 2 aliphatic heterocycles. The van der Waals surface area contributed by atoms with Crippen LogP contribution >= 0.6 is 0 Å². The van der Waals surface area contributed by atoms with Gasteiger partial charge in [-0.15, -0.1) is 0 Å². The number of ether oxygens (including phenoxy) is 2.